The number of likely N-dealkylation sites (tertiary alicyclic amines) is 1. The maximum atomic E-state index is 9.34. The van der Waals surface area contributed by atoms with Crippen molar-refractivity contribution in [1.29, 1.82) is 0 Å². The summed E-state index contributed by atoms with van der Waals surface area (Å²) in [6, 6.07) is 0. The molecular formula is C10H17N3O. The van der Waals surface area contributed by atoms with Gasteiger partial charge in [-0.3, -0.25) is 0 Å². The molecule has 1 fully saturated rings. The van der Waals surface area contributed by atoms with Gasteiger partial charge in [-0.2, -0.15) is 0 Å². The number of hydrogen-bond donors (Lipinski definition) is 1. The second kappa shape index (κ2) is 4.57. The van der Waals surface area contributed by atoms with Crippen molar-refractivity contribution in [3.05, 3.63) is 18.7 Å². The van der Waals surface area contributed by atoms with Crippen LogP contribution in [0, 0.1) is 0 Å². The van der Waals surface area contributed by atoms with Gasteiger partial charge in [0.1, 0.15) is 0 Å². The molecule has 4 heteroatoms. The summed E-state index contributed by atoms with van der Waals surface area (Å²) in [6.45, 7) is 4.10. The molecule has 0 amide bonds. The van der Waals surface area contributed by atoms with Crippen molar-refractivity contribution in [2.75, 3.05) is 19.6 Å². The molecule has 4 nitrogen and oxygen atoms in total. The van der Waals surface area contributed by atoms with E-state index in [1.807, 2.05) is 12.5 Å². The number of piperidine rings is 1. The third kappa shape index (κ3) is 2.56. The molecule has 0 spiro atoms. The van der Waals surface area contributed by atoms with E-state index < -0.39 is 0 Å². The third-order valence-electron chi connectivity index (χ3n) is 2.79. The van der Waals surface area contributed by atoms with E-state index in [-0.39, 0.29) is 6.10 Å². The van der Waals surface area contributed by atoms with Gasteiger partial charge in [-0.1, -0.05) is 0 Å². The van der Waals surface area contributed by atoms with E-state index in [4.69, 9.17) is 0 Å². The van der Waals surface area contributed by atoms with Gasteiger partial charge in [0, 0.05) is 38.6 Å². The second-order valence-electron chi connectivity index (χ2n) is 3.87. The van der Waals surface area contributed by atoms with E-state index >= 15 is 0 Å². The molecule has 0 atom stereocenters. The lowest BCUT2D eigenvalue weighted by molar-refractivity contribution is 0.0810. The first-order valence-electron chi connectivity index (χ1n) is 5.21. The van der Waals surface area contributed by atoms with Crippen molar-refractivity contribution < 1.29 is 5.11 Å². The van der Waals surface area contributed by atoms with Gasteiger partial charge in [-0.25, -0.2) is 4.98 Å². The lowest BCUT2D eigenvalue weighted by Crippen LogP contribution is -2.37. The average Bonchev–Trinajstić information content (AvgIpc) is 2.70. The summed E-state index contributed by atoms with van der Waals surface area (Å²) in [5.41, 5.74) is 0. The van der Waals surface area contributed by atoms with E-state index in [9.17, 15) is 5.11 Å². The van der Waals surface area contributed by atoms with E-state index in [2.05, 4.69) is 14.5 Å². The highest BCUT2D eigenvalue weighted by molar-refractivity contribution is 4.76. The lowest BCUT2D eigenvalue weighted by Gasteiger charge is -2.29. The Kier molecular flexibility index (Phi) is 3.16. The van der Waals surface area contributed by atoms with Crippen LogP contribution in [-0.4, -0.2) is 45.3 Å². The largest absolute Gasteiger partial charge is 0.393 e. The molecule has 1 aliphatic heterocycles. The van der Waals surface area contributed by atoms with Crippen molar-refractivity contribution in [2.24, 2.45) is 0 Å². The number of nitrogens with zero attached hydrogens (tertiary/aromatic N) is 3. The fraction of sp³-hybridized carbons (Fsp3) is 0.700. The molecule has 0 radical (unpaired) electrons. The first-order chi connectivity index (χ1) is 6.84. The molecule has 14 heavy (non-hydrogen) atoms. The highest BCUT2D eigenvalue weighted by Crippen LogP contribution is 2.09. The Morgan fingerprint density at radius 1 is 1.29 bits per heavy atom. The molecule has 1 aromatic heterocycles. The standard InChI is InChI=1S/C10H17N3O/c14-10-1-4-12(5-2-10)7-8-13-6-3-11-9-13/h3,6,9-10,14H,1-2,4-5,7-8H2. The molecule has 0 bridgehead atoms. The highest BCUT2D eigenvalue weighted by atomic mass is 16.3. The fourth-order valence-electron chi connectivity index (χ4n) is 1.82. The summed E-state index contributed by atoms with van der Waals surface area (Å²) >= 11 is 0. The summed E-state index contributed by atoms with van der Waals surface area (Å²) in [5, 5.41) is 9.34. The zero-order chi connectivity index (χ0) is 9.80. The van der Waals surface area contributed by atoms with Crippen molar-refractivity contribution in [1.82, 2.24) is 14.5 Å². The highest BCUT2D eigenvalue weighted by Gasteiger charge is 2.15. The maximum absolute atomic E-state index is 9.34. The SMILES string of the molecule is OC1CCN(CCn2ccnc2)CC1. The fourth-order valence-corrected chi connectivity index (χ4v) is 1.82. The van der Waals surface area contributed by atoms with Crippen LogP contribution in [0.2, 0.25) is 0 Å². The van der Waals surface area contributed by atoms with Gasteiger partial charge in [-0.05, 0) is 12.8 Å². The van der Waals surface area contributed by atoms with Crippen LogP contribution in [0.3, 0.4) is 0 Å². The number of aromatic nitrogens is 2. The minimum atomic E-state index is -0.0699. The molecule has 78 valence electrons. The second-order valence-corrected chi connectivity index (χ2v) is 3.87. The molecule has 1 saturated heterocycles. The first-order valence-corrected chi connectivity index (χ1v) is 5.21. The van der Waals surface area contributed by atoms with Gasteiger partial charge in [0.2, 0.25) is 0 Å². The Labute approximate surface area is 84.2 Å². The van der Waals surface area contributed by atoms with Crippen LogP contribution in [0.15, 0.2) is 18.7 Å². The normalized spacial score (nSPS) is 20.1. The van der Waals surface area contributed by atoms with Crippen LogP contribution in [0.5, 0.6) is 0 Å². The minimum Gasteiger partial charge on any atom is -0.393 e. The van der Waals surface area contributed by atoms with Gasteiger partial charge < -0.3 is 14.6 Å². The monoisotopic (exact) mass is 195 g/mol. The molecule has 1 aliphatic rings. The Balaban J connectivity index is 1.71. The zero-order valence-electron chi connectivity index (χ0n) is 8.34. The van der Waals surface area contributed by atoms with Crippen LogP contribution in [0.25, 0.3) is 0 Å². The van der Waals surface area contributed by atoms with Crippen LogP contribution < -0.4 is 0 Å². The number of rotatable bonds is 3. The van der Waals surface area contributed by atoms with Gasteiger partial charge in [0.15, 0.2) is 0 Å². The van der Waals surface area contributed by atoms with E-state index in [0.717, 1.165) is 39.0 Å². The summed E-state index contributed by atoms with van der Waals surface area (Å²) < 4.78 is 2.09. The van der Waals surface area contributed by atoms with E-state index in [0.29, 0.717) is 0 Å². The van der Waals surface area contributed by atoms with E-state index in [1.165, 1.54) is 0 Å². The number of imidazole rings is 1. The van der Waals surface area contributed by atoms with Crippen LogP contribution in [0.4, 0.5) is 0 Å². The number of aliphatic hydroxyl groups excluding tert-OH is 1. The average molecular weight is 195 g/mol. The smallest absolute Gasteiger partial charge is 0.0946 e. The summed E-state index contributed by atoms with van der Waals surface area (Å²) in [4.78, 5) is 6.40. The van der Waals surface area contributed by atoms with Crippen molar-refractivity contribution in [3.63, 3.8) is 0 Å². The first kappa shape index (κ1) is 9.68. The van der Waals surface area contributed by atoms with Gasteiger partial charge in [-0.15, -0.1) is 0 Å². The molecular weight excluding hydrogens is 178 g/mol. The molecule has 1 aromatic rings. The Morgan fingerprint density at radius 3 is 2.71 bits per heavy atom. The topological polar surface area (TPSA) is 41.3 Å². The molecule has 0 saturated carbocycles. The van der Waals surface area contributed by atoms with Gasteiger partial charge >= 0.3 is 0 Å². The quantitative estimate of drug-likeness (QED) is 0.756. The lowest BCUT2D eigenvalue weighted by atomic mass is 10.1. The van der Waals surface area contributed by atoms with Crippen molar-refractivity contribution in [2.45, 2.75) is 25.5 Å². The van der Waals surface area contributed by atoms with Crippen LogP contribution >= 0.6 is 0 Å². The molecule has 0 aromatic carbocycles. The Bertz CT molecular complexity index is 252. The molecule has 0 aliphatic carbocycles. The molecule has 2 heterocycles. The predicted molar refractivity (Wildman–Crippen MR) is 53.9 cm³/mol. The maximum Gasteiger partial charge on any atom is 0.0946 e. The predicted octanol–water partition coefficient (Wildman–Crippen LogP) is 0.340. The Morgan fingerprint density at radius 2 is 2.07 bits per heavy atom. The zero-order valence-corrected chi connectivity index (χ0v) is 8.34. The summed E-state index contributed by atoms with van der Waals surface area (Å²) in [5.74, 6) is 0. The molecule has 2 rings (SSSR count). The third-order valence-corrected chi connectivity index (χ3v) is 2.79. The van der Waals surface area contributed by atoms with Crippen LogP contribution in [-0.2, 0) is 6.54 Å². The van der Waals surface area contributed by atoms with Gasteiger partial charge in [0.05, 0.1) is 12.4 Å². The van der Waals surface area contributed by atoms with Crippen molar-refractivity contribution >= 4 is 0 Å². The Hall–Kier alpha value is -0.870. The van der Waals surface area contributed by atoms with Crippen LogP contribution in [0.1, 0.15) is 12.8 Å². The molecule has 1 N–H and O–H groups in total. The number of hydrogen-bond acceptors (Lipinski definition) is 3. The summed E-state index contributed by atoms with van der Waals surface area (Å²) in [7, 11) is 0. The number of aliphatic hydroxyl groups is 1. The van der Waals surface area contributed by atoms with E-state index in [1.54, 1.807) is 6.20 Å². The van der Waals surface area contributed by atoms with Crippen molar-refractivity contribution in [3.8, 4) is 0 Å². The molecule has 0 unspecified atom stereocenters. The van der Waals surface area contributed by atoms with Gasteiger partial charge in [0.25, 0.3) is 0 Å². The summed E-state index contributed by atoms with van der Waals surface area (Å²) in [6.07, 6.45) is 7.41. The minimum absolute atomic E-state index is 0.0699.